The monoisotopic (exact) mass is 926 g/mol. The summed E-state index contributed by atoms with van der Waals surface area (Å²) < 4.78 is 194. The molecule has 0 amide bonds. The van der Waals surface area contributed by atoms with Gasteiger partial charge in [-0.3, -0.25) is 9.59 Å². The lowest BCUT2D eigenvalue weighted by molar-refractivity contribution is -0.367. The maximum Gasteiger partial charge on any atom is 0.459 e. The first-order valence-electron chi connectivity index (χ1n) is 21.6. The van der Waals surface area contributed by atoms with Crippen molar-refractivity contribution in [1.82, 2.24) is 0 Å². The van der Waals surface area contributed by atoms with Crippen LogP contribution in [-0.2, 0) is 22.4 Å². The largest absolute Gasteiger partial charge is 0.459 e. The molecule has 2 aliphatic carbocycles. The number of benzene rings is 2. The highest BCUT2D eigenvalue weighted by atomic mass is 19.4. The van der Waals surface area contributed by atoms with Crippen LogP contribution in [0.15, 0.2) is 36.4 Å². The Labute approximate surface area is 358 Å². The maximum absolute atomic E-state index is 14.3. The van der Waals surface area contributed by atoms with Crippen LogP contribution in [0.3, 0.4) is 0 Å². The molecule has 2 saturated carbocycles. The van der Waals surface area contributed by atoms with Crippen LogP contribution in [0.2, 0.25) is 0 Å². The van der Waals surface area contributed by atoms with Gasteiger partial charge in [0, 0.05) is 11.8 Å². The highest BCUT2D eigenvalue weighted by Crippen LogP contribution is 2.53. The fourth-order valence-corrected chi connectivity index (χ4v) is 7.87. The molecule has 0 aliphatic heterocycles. The van der Waals surface area contributed by atoms with Crippen molar-refractivity contribution in [2.24, 2.45) is 23.7 Å². The summed E-state index contributed by atoms with van der Waals surface area (Å²) in [4.78, 5) is 24.5. The van der Waals surface area contributed by atoms with Crippen LogP contribution in [0.4, 0.5) is 61.5 Å². The summed E-state index contributed by atoms with van der Waals surface area (Å²) in [5.41, 5.74) is 1.52. The standard InChI is InChI=1S/C23H28F8O2.C22H28F6O2/c1-2-3-4-5-6-7-15-8-13-19(18(24)14-15)33-20(32)16-9-11-17(12-10-16)21(25,26)22(27,28)23(29,30)31;1-2-3-4-5-6-7-15-8-13-19(18(23)14-15)30-20(29)16-9-11-17(12-10-16)21(24,25)22(26,27)28/h8,13-14,16-17H,2-7,9-12H2,1H3;8,13-14,16-17H,2-7,9-12H2,1H3. The Morgan fingerprint density at radius 1 is 0.492 bits per heavy atom. The molecule has 0 radical (unpaired) electrons. The lowest BCUT2D eigenvalue weighted by Gasteiger charge is -2.37. The van der Waals surface area contributed by atoms with E-state index >= 15 is 0 Å². The van der Waals surface area contributed by atoms with Crippen molar-refractivity contribution >= 4 is 11.9 Å². The second kappa shape index (κ2) is 23.5. The second-order valence-corrected chi connectivity index (χ2v) is 16.6. The number of carbonyl (C=O) groups is 2. The molecule has 4 nitrogen and oxygen atoms in total. The van der Waals surface area contributed by atoms with Crippen molar-refractivity contribution in [2.75, 3.05) is 0 Å². The fourth-order valence-electron chi connectivity index (χ4n) is 7.87. The zero-order valence-electron chi connectivity index (χ0n) is 35.3. The molecule has 63 heavy (non-hydrogen) atoms. The zero-order valence-corrected chi connectivity index (χ0v) is 35.3. The van der Waals surface area contributed by atoms with E-state index in [1.807, 2.05) is 0 Å². The van der Waals surface area contributed by atoms with Crippen molar-refractivity contribution in [3.05, 3.63) is 59.2 Å². The molecule has 2 aromatic carbocycles. The molecule has 0 spiro atoms. The molecule has 0 saturated heterocycles. The number of ether oxygens (including phenoxy) is 2. The van der Waals surface area contributed by atoms with Gasteiger partial charge in [0.25, 0.3) is 0 Å². The summed E-state index contributed by atoms with van der Waals surface area (Å²) in [6.07, 6.45) is -3.24. The van der Waals surface area contributed by atoms with Crippen LogP contribution < -0.4 is 9.47 Å². The molecule has 2 aliphatic rings. The average Bonchev–Trinajstić information content (AvgIpc) is 3.22. The van der Waals surface area contributed by atoms with Gasteiger partial charge in [-0.05, 0) is 112 Å². The van der Waals surface area contributed by atoms with Crippen molar-refractivity contribution in [3.63, 3.8) is 0 Å². The van der Waals surface area contributed by atoms with Gasteiger partial charge in [-0.2, -0.15) is 52.7 Å². The Morgan fingerprint density at radius 2 is 0.841 bits per heavy atom. The van der Waals surface area contributed by atoms with Gasteiger partial charge in [0.2, 0.25) is 0 Å². The van der Waals surface area contributed by atoms with E-state index in [0.717, 1.165) is 68.9 Å². The van der Waals surface area contributed by atoms with Gasteiger partial charge in [-0.15, -0.1) is 0 Å². The lowest BCUT2D eigenvalue weighted by Crippen LogP contribution is -2.56. The van der Waals surface area contributed by atoms with E-state index in [4.69, 9.17) is 9.47 Å². The first-order chi connectivity index (χ1) is 29.4. The SMILES string of the molecule is CCCCCCCc1ccc(OC(=O)C2CCC(C(F)(F)C(F)(F)C(F)(F)F)CC2)c(F)c1.CCCCCCCc1ccc(OC(=O)C2CCC(C(F)(F)C(F)(F)F)CC2)c(F)c1. The molecule has 18 heteroatoms. The minimum atomic E-state index is -6.38. The molecule has 2 fully saturated rings. The van der Waals surface area contributed by atoms with Gasteiger partial charge in [0.05, 0.1) is 11.8 Å². The van der Waals surface area contributed by atoms with E-state index in [2.05, 4.69) is 13.8 Å². The molecule has 0 N–H and O–H groups in total. The minimum absolute atomic E-state index is 0.146. The molecule has 2 aromatic rings. The number of rotatable bonds is 19. The summed E-state index contributed by atoms with van der Waals surface area (Å²) in [6.45, 7) is 4.22. The summed E-state index contributed by atoms with van der Waals surface area (Å²) in [5, 5.41) is 0. The van der Waals surface area contributed by atoms with Crippen LogP contribution in [-0.4, -0.2) is 42.1 Å². The van der Waals surface area contributed by atoms with Gasteiger partial charge in [-0.1, -0.05) is 77.3 Å². The normalized spacial score (nSPS) is 20.1. The van der Waals surface area contributed by atoms with Gasteiger partial charge in [0.1, 0.15) is 0 Å². The number of halogens is 14. The van der Waals surface area contributed by atoms with Crippen LogP contribution in [0.1, 0.15) is 141 Å². The summed E-state index contributed by atoms with van der Waals surface area (Å²) in [5.74, 6) is -25.9. The molecule has 358 valence electrons. The predicted molar refractivity (Wildman–Crippen MR) is 207 cm³/mol. The van der Waals surface area contributed by atoms with E-state index in [0.29, 0.717) is 12.8 Å². The third-order valence-corrected chi connectivity index (χ3v) is 11.9. The second-order valence-electron chi connectivity index (χ2n) is 16.6. The van der Waals surface area contributed by atoms with Crippen molar-refractivity contribution in [1.29, 1.82) is 0 Å². The Bertz CT molecular complexity index is 1730. The van der Waals surface area contributed by atoms with E-state index in [1.54, 1.807) is 12.1 Å². The molecule has 0 unspecified atom stereocenters. The van der Waals surface area contributed by atoms with Gasteiger partial charge >= 0.3 is 42.1 Å². The first kappa shape index (κ1) is 53.7. The van der Waals surface area contributed by atoms with Crippen molar-refractivity contribution in [2.45, 2.75) is 172 Å². The summed E-state index contributed by atoms with van der Waals surface area (Å²) in [7, 11) is 0. The van der Waals surface area contributed by atoms with E-state index in [1.165, 1.54) is 30.7 Å². The Morgan fingerprint density at radius 3 is 1.16 bits per heavy atom. The van der Waals surface area contributed by atoms with Crippen molar-refractivity contribution < 1.29 is 80.5 Å². The summed E-state index contributed by atoms with van der Waals surface area (Å²) in [6, 6.07) is 8.49. The van der Waals surface area contributed by atoms with Crippen LogP contribution in [0, 0.1) is 35.3 Å². The lowest BCUT2D eigenvalue weighted by atomic mass is 9.77. The zero-order chi connectivity index (χ0) is 47.2. The molecular weight excluding hydrogens is 870 g/mol. The third-order valence-electron chi connectivity index (χ3n) is 11.9. The summed E-state index contributed by atoms with van der Waals surface area (Å²) >= 11 is 0. The van der Waals surface area contributed by atoms with Gasteiger partial charge in [0.15, 0.2) is 23.1 Å². The smallest absolute Gasteiger partial charge is 0.423 e. The van der Waals surface area contributed by atoms with Gasteiger partial charge in [-0.25, -0.2) is 8.78 Å². The minimum Gasteiger partial charge on any atom is -0.423 e. The topological polar surface area (TPSA) is 52.6 Å². The fraction of sp³-hybridized carbons (Fsp3) is 0.689. The Hall–Kier alpha value is -3.60. The first-order valence-corrected chi connectivity index (χ1v) is 21.6. The molecule has 0 aromatic heterocycles. The molecule has 4 rings (SSSR count). The Kier molecular flexibility index (Phi) is 20.1. The molecular formula is C45H56F14O4. The maximum atomic E-state index is 14.3. The van der Waals surface area contributed by atoms with Crippen LogP contribution in [0.5, 0.6) is 11.5 Å². The van der Waals surface area contributed by atoms with Crippen LogP contribution >= 0.6 is 0 Å². The third kappa shape index (κ3) is 15.0. The van der Waals surface area contributed by atoms with E-state index < -0.39 is 103 Å². The molecule has 0 heterocycles. The molecule has 0 atom stereocenters. The number of hydrogen-bond acceptors (Lipinski definition) is 4. The van der Waals surface area contributed by atoms with Crippen LogP contribution in [0.25, 0.3) is 0 Å². The number of carbonyl (C=O) groups excluding carboxylic acids is 2. The highest BCUT2D eigenvalue weighted by Gasteiger charge is 2.75. The highest BCUT2D eigenvalue weighted by molar-refractivity contribution is 5.75. The van der Waals surface area contributed by atoms with Gasteiger partial charge < -0.3 is 9.47 Å². The number of esters is 2. The average molecular weight is 927 g/mol. The Balaban J connectivity index is 0.000000337. The van der Waals surface area contributed by atoms with Crippen molar-refractivity contribution in [3.8, 4) is 11.5 Å². The number of hydrogen-bond donors (Lipinski definition) is 0. The van der Waals surface area contributed by atoms with E-state index in [-0.39, 0.29) is 37.2 Å². The number of alkyl halides is 12. The number of aryl methyl sites for hydroxylation is 2. The molecule has 0 bridgehead atoms. The predicted octanol–water partition coefficient (Wildman–Crippen LogP) is 15.1. The van der Waals surface area contributed by atoms with E-state index in [9.17, 15) is 71.1 Å². The number of unbranched alkanes of at least 4 members (excludes halogenated alkanes) is 8. The quantitative estimate of drug-likeness (QED) is 0.0610.